The maximum atomic E-state index is 12.5. The molecule has 2 N–H and O–H groups in total. The van der Waals surface area contributed by atoms with Crippen molar-refractivity contribution in [3.05, 3.63) is 35.9 Å². The van der Waals surface area contributed by atoms with Crippen molar-refractivity contribution < 1.29 is 4.79 Å². The van der Waals surface area contributed by atoms with Gasteiger partial charge >= 0.3 is 0 Å². The minimum atomic E-state index is -0.100. The molecule has 2 rings (SSSR count). The van der Waals surface area contributed by atoms with E-state index in [-0.39, 0.29) is 17.9 Å². The van der Waals surface area contributed by atoms with Gasteiger partial charge in [-0.05, 0) is 24.8 Å². The van der Waals surface area contributed by atoms with Gasteiger partial charge in [0, 0.05) is 6.04 Å². The predicted molar refractivity (Wildman–Crippen MR) is 72.8 cm³/mol. The first kappa shape index (κ1) is 13.1. The number of hydrazine groups is 1. The summed E-state index contributed by atoms with van der Waals surface area (Å²) < 4.78 is 0. The average molecular weight is 246 g/mol. The zero-order valence-electron chi connectivity index (χ0n) is 11.0. The van der Waals surface area contributed by atoms with Crippen LogP contribution in [0.5, 0.6) is 0 Å². The number of hydrogen-bond acceptors (Lipinski definition) is 2. The first-order valence-electron chi connectivity index (χ1n) is 6.86. The van der Waals surface area contributed by atoms with Crippen LogP contribution in [0.25, 0.3) is 0 Å². The summed E-state index contributed by atoms with van der Waals surface area (Å²) in [6, 6.07) is 10.2. The van der Waals surface area contributed by atoms with Crippen molar-refractivity contribution in [1.82, 2.24) is 5.01 Å². The molecule has 1 aromatic carbocycles. The smallest absolute Gasteiger partial charge is 0.244 e. The molecule has 18 heavy (non-hydrogen) atoms. The minimum Gasteiger partial charge on any atom is -0.277 e. The maximum Gasteiger partial charge on any atom is 0.244 e. The lowest BCUT2D eigenvalue weighted by molar-refractivity contribution is -0.135. The van der Waals surface area contributed by atoms with Gasteiger partial charge in [0.2, 0.25) is 5.91 Å². The summed E-state index contributed by atoms with van der Waals surface area (Å²) in [5.41, 5.74) is 1.07. The van der Waals surface area contributed by atoms with Gasteiger partial charge in [-0.2, -0.15) is 0 Å². The SMILES string of the molecule is CCC(C(=O)N(N)C1CCCC1)c1ccccc1. The molecule has 0 saturated heterocycles. The first-order valence-corrected chi connectivity index (χ1v) is 6.86. The third-order valence-electron chi connectivity index (χ3n) is 3.88. The maximum absolute atomic E-state index is 12.5. The van der Waals surface area contributed by atoms with Gasteiger partial charge in [-0.1, -0.05) is 50.1 Å². The number of carbonyl (C=O) groups excluding carboxylic acids is 1. The quantitative estimate of drug-likeness (QED) is 0.504. The summed E-state index contributed by atoms with van der Waals surface area (Å²) in [5.74, 6) is 5.99. The number of nitrogens with two attached hydrogens (primary N) is 1. The van der Waals surface area contributed by atoms with Gasteiger partial charge in [0.05, 0.1) is 5.92 Å². The van der Waals surface area contributed by atoms with Crippen LogP contribution in [0.1, 0.15) is 50.5 Å². The highest BCUT2D eigenvalue weighted by Gasteiger charge is 2.29. The molecule has 0 radical (unpaired) electrons. The minimum absolute atomic E-state index is 0.0654. The van der Waals surface area contributed by atoms with Crippen molar-refractivity contribution in [3.8, 4) is 0 Å². The van der Waals surface area contributed by atoms with E-state index in [9.17, 15) is 4.79 Å². The fourth-order valence-corrected chi connectivity index (χ4v) is 2.78. The molecule has 1 unspecified atom stereocenters. The molecular formula is C15H22N2O. The van der Waals surface area contributed by atoms with Crippen LogP contribution in [0, 0.1) is 0 Å². The van der Waals surface area contributed by atoms with Crippen molar-refractivity contribution >= 4 is 5.91 Å². The number of amides is 1. The monoisotopic (exact) mass is 246 g/mol. The summed E-state index contributed by atoms with van der Waals surface area (Å²) in [6.07, 6.45) is 5.27. The molecule has 1 saturated carbocycles. The largest absolute Gasteiger partial charge is 0.277 e. The standard InChI is InChI=1S/C15H22N2O/c1-2-14(12-8-4-3-5-9-12)15(18)17(16)13-10-6-7-11-13/h3-5,8-9,13-14H,2,6-7,10-11,16H2,1H3. The highest BCUT2D eigenvalue weighted by Crippen LogP contribution is 2.26. The van der Waals surface area contributed by atoms with Crippen molar-refractivity contribution in [1.29, 1.82) is 0 Å². The Balaban J connectivity index is 2.10. The van der Waals surface area contributed by atoms with Gasteiger partial charge in [0.15, 0.2) is 0 Å². The molecule has 0 spiro atoms. The topological polar surface area (TPSA) is 46.3 Å². The fraction of sp³-hybridized carbons (Fsp3) is 0.533. The van der Waals surface area contributed by atoms with Crippen LogP contribution in [-0.2, 0) is 4.79 Å². The molecule has 1 fully saturated rings. The second-order valence-corrected chi connectivity index (χ2v) is 5.06. The summed E-state index contributed by atoms with van der Waals surface area (Å²) in [4.78, 5) is 12.5. The van der Waals surface area contributed by atoms with E-state index in [4.69, 9.17) is 5.84 Å². The molecular weight excluding hydrogens is 224 g/mol. The number of carbonyl (C=O) groups is 1. The molecule has 1 aromatic rings. The zero-order chi connectivity index (χ0) is 13.0. The van der Waals surface area contributed by atoms with Gasteiger partial charge in [-0.3, -0.25) is 9.80 Å². The van der Waals surface area contributed by atoms with E-state index >= 15 is 0 Å². The van der Waals surface area contributed by atoms with Crippen LogP contribution in [0.2, 0.25) is 0 Å². The normalized spacial score (nSPS) is 17.7. The van der Waals surface area contributed by atoms with E-state index in [0.717, 1.165) is 24.8 Å². The van der Waals surface area contributed by atoms with E-state index in [1.54, 1.807) is 0 Å². The molecule has 1 aliphatic carbocycles. The second kappa shape index (κ2) is 6.01. The Hall–Kier alpha value is -1.35. The molecule has 1 aliphatic rings. The van der Waals surface area contributed by atoms with Crippen LogP contribution >= 0.6 is 0 Å². The van der Waals surface area contributed by atoms with Crippen LogP contribution in [0.4, 0.5) is 0 Å². The Morgan fingerprint density at radius 1 is 1.33 bits per heavy atom. The van der Waals surface area contributed by atoms with Crippen LogP contribution in [0.3, 0.4) is 0 Å². The molecule has 3 nitrogen and oxygen atoms in total. The van der Waals surface area contributed by atoms with E-state index < -0.39 is 0 Å². The molecule has 3 heteroatoms. The van der Waals surface area contributed by atoms with Gasteiger partial charge in [0.1, 0.15) is 0 Å². The van der Waals surface area contributed by atoms with Gasteiger partial charge in [-0.25, -0.2) is 5.84 Å². The molecule has 98 valence electrons. The van der Waals surface area contributed by atoms with E-state index in [1.165, 1.54) is 17.9 Å². The summed E-state index contributed by atoms with van der Waals surface area (Å²) >= 11 is 0. The Kier molecular flexibility index (Phi) is 4.37. The Bertz CT molecular complexity index is 385. The van der Waals surface area contributed by atoms with Crippen molar-refractivity contribution in [2.75, 3.05) is 0 Å². The van der Waals surface area contributed by atoms with Gasteiger partial charge < -0.3 is 0 Å². The lowest BCUT2D eigenvalue weighted by atomic mass is 9.95. The first-order chi connectivity index (χ1) is 8.74. The van der Waals surface area contributed by atoms with E-state index in [2.05, 4.69) is 0 Å². The number of rotatable bonds is 4. The van der Waals surface area contributed by atoms with Gasteiger partial charge in [-0.15, -0.1) is 0 Å². The number of nitrogens with zero attached hydrogens (tertiary/aromatic N) is 1. The molecule has 0 aromatic heterocycles. The van der Waals surface area contributed by atoms with Crippen molar-refractivity contribution in [3.63, 3.8) is 0 Å². The van der Waals surface area contributed by atoms with E-state index in [0.29, 0.717) is 0 Å². The summed E-state index contributed by atoms with van der Waals surface area (Å²) in [6.45, 7) is 2.04. The average Bonchev–Trinajstić information content (AvgIpc) is 2.94. The number of benzene rings is 1. The summed E-state index contributed by atoms with van der Waals surface area (Å²) in [7, 11) is 0. The predicted octanol–water partition coefficient (Wildman–Crippen LogP) is 2.83. The zero-order valence-corrected chi connectivity index (χ0v) is 11.0. The van der Waals surface area contributed by atoms with Crippen molar-refractivity contribution in [2.24, 2.45) is 5.84 Å². The Labute approximate surface area is 109 Å². The third kappa shape index (κ3) is 2.72. The van der Waals surface area contributed by atoms with E-state index in [1.807, 2.05) is 37.3 Å². The summed E-state index contributed by atoms with van der Waals surface area (Å²) in [5, 5.41) is 1.49. The highest BCUT2D eigenvalue weighted by molar-refractivity contribution is 5.83. The molecule has 1 atom stereocenters. The third-order valence-corrected chi connectivity index (χ3v) is 3.88. The van der Waals surface area contributed by atoms with Crippen LogP contribution < -0.4 is 5.84 Å². The number of hydrogen-bond donors (Lipinski definition) is 1. The molecule has 0 aliphatic heterocycles. The Morgan fingerprint density at radius 3 is 2.50 bits per heavy atom. The molecule has 0 bridgehead atoms. The molecule has 0 heterocycles. The Morgan fingerprint density at radius 2 is 1.94 bits per heavy atom. The lowest BCUT2D eigenvalue weighted by Gasteiger charge is -2.27. The lowest BCUT2D eigenvalue weighted by Crippen LogP contribution is -2.46. The van der Waals surface area contributed by atoms with Gasteiger partial charge in [0.25, 0.3) is 0 Å². The highest BCUT2D eigenvalue weighted by atomic mass is 16.2. The molecule has 1 amide bonds. The van der Waals surface area contributed by atoms with Crippen LogP contribution in [-0.4, -0.2) is 17.0 Å². The fourth-order valence-electron chi connectivity index (χ4n) is 2.78. The van der Waals surface area contributed by atoms with Crippen LogP contribution in [0.15, 0.2) is 30.3 Å². The second-order valence-electron chi connectivity index (χ2n) is 5.06. The van der Waals surface area contributed by atoms with Crippen molar-refractivity contribution in [2.45, 2.75) is 51.0 Å².